The molecule has 25 heavy (non-hydrogen) atoms. The van der Waals surface area contributed by atoms with Crippen LogP contribution in [0.25, 0.3) is 33.5 Å². The molecule has 1 heterocycles. The molecule has 0 saturated heterocycles. The van der Waals surface area contributed by atoms with E-state index in [-0.39, 0.29) is 11.6 Å². The fourth-order valence-electron chi connectivity index (χ4n) is 2.65. The Morgan fingerprint density at radius 2 is 1.08 bits per heavy atom. The molecule has 0 aliphatic heterocycles. The number of rotatable bonds is 2. The Kier molecular flexibility index (Phi) is 4.01. The van der Waals surface area contributed by atoms with E-state index in [1.165, 1.54) is 24.3 Å². The maximum atomic E-state index is 13.3. The van der Waals surface area contributed by atoms with E-state index in [0.717, 1.165) is 26.6 Å². The van der Waals surface area contributed by atoms with Crippen molar-refractivity contribution < 1.29 is 8.78 Å². The average Bonchev–Trinajstić information content (AvgIpc) is 2.62. The molecule has 0 fully saturated rings. The number of aromatic nitrogens is 2. The van der Waals surface area contributed by atoms with Crippen molar-refractivity contribution in [1.82, 2.24) is 9.97 Å². The van der Waals surface area contributed by atoms with Crippen molar-refractivity contribution in [1.29, 1.82) is 0 Å². The van der Waals surface area contributed by atoms with Gasteiger partial charge in [-0.25, -0.2) is 18.7 Å². The highest BCUT2D eigenvalue weighted by Gasteiger charge is 2.13. The van der Waals surface area contributed by atoms with Gasteiger partial charge < -0.3 is 0 Å². The summed E-state index contributed by atoms with van der Waals surface area (Å²) in [5.74, 6) is -0.631. The molecule has 1 aromatic heterocycles. The van der Waals surface area contributed by atoms with Gasteiger partial charge in [0.2, 0.25) is 0 Å². The van der Waals surface area contributed by atoms with Gasteiger partial charge in [0.05, 0.1) is 22.4 Å². The first-order valence-electron chi connectivity index (χ1n) is 7.59. The van der Waals surface area contributed by atoms with Crippen molar-refractivity contribution in [2.45, 2.75) is 0 Å². The Bertz CT molecular complexity index is 1060. The molecule has 0 bridgehead atoms. The Morgan fingerprint density at radius 3 is 1.60 bits per heavy atom. The molecule has 0 spiro atoms. The first-order chi connectivity index (χ1) is 12.1. The predicted octanol–water partition coefficient (Wildman–Crippen LogP) is 6.00. The van der Waals surface area contributed by atoms with E-state index in [2.05, 4.69) is 15.9 Å². The standard InChI is InChI=1S/C20H11BrF2N2/c21-14-5-10-17-18(11-14)25-20(13-3-8-16(23)9-4-13)19(24-17)12-1-6-15(22)7-2-12/h1-11H. The summed E-state index contributed by atoms with van der Waals surface area (Å²) in [6.45, 7) is 0. The van der Waals surface area contributed by atoms with Crippen molar-refractivity contribution in [3.8, 4) is 22.5 Å². The van der Waals surface area contributed by atoms with E-state index >= 15 is 0 Å². The van der Waals surface area contributed by atoms with Crippen LogP contribution < -0.4 is 0 Å². The normalized spacial score (nSPS) is 11.0. The third kappa shape index (κ3) is 3.15. The molecule has 4 aromatic rings. The van der Waals surface area contributed by atoms with E-state index in [1.54, 1.807) is 24.3 Å². The Hall–Kier alpha value is -2.66. The van der Waals surface area contributed by atoms with Crippen molar-refractivity contribution in [2.75, 3.05) is 0 Å². The molecule has 0 saturated carbocycles. The molecule has 0 amide bonds. The summed E-state index contributed by atoms with van der Waals surface area (Å²) in [5.41, 5.74) is 4.19. The van der Waals surface area contributed by atoms with Crippen molar-refractivity contribution in [2.24, 2.45) is 0 Å². The Balaban J connectivity index is 2.01. The van der Waals surface area contributed by atoms with E-state index in [4.69, 9.17) is 9.97 Å². The SMILES string of the molecule is Fc1ccc(-c2nc3ccc(Br)cc3nc2-c2ccc(F)cc2)cc1. The highest BCUT2D eigenvalue weighted by molar-refractivity contribution is 9.10. The topological polar surface area (TPSA) is 25.8 Å². The van der Waals surface area contributed by atoms with Gasteiger partial charge in [0, 0.05) is 15.6 Å². The van der Waals surface area contributed by atoms with Gasteiger partial charge in [0.25, 0.3) is 0 Å². The number of halogens is 3. The number of fused-ring (bicyclic) bond motifs is 1. The lowest BCUT2D eigenvalue weighted by atomic mass is 10.0. The lowest BCUT2D eigenvalue weighted by Crippen LogP contribution is -1.96. The van der Waals surface area contributed by atoms with Crippen molar-refractivity contribution in [3.05, 3.63) is 82.8 Å². The molecule has 3 aromatic carbocycles. The van der Waals surface area contributed by atoms with Crippen LogP contribution in [0.5, 0.6) is 0 Å². The molecule has 0 aliphatic carbocycles. The molecule has 4 rings (SSSR count). The zero-order valence-electron chi connectivity index (χ0n) is 12.9. The minimum absolute atomic E-state index is 0.315. The van der Waals surface area contributed by atoms with E-state index < -0.39 is 0 Å². The maximum Gasteiger partial charge on any atom is 0.123 e. The van der Waals surface area contributed by atoms with Gasteiger partial charge in [0.1, 0.15) is 11.6 Å². The monoisotopic (exact) mass is 396 g/mol. The second-order valence-electron chi connectivity index (χ2n) is 5.57. The molecular formula is C20H11BrF2N2. The van der Waals surface area contributed by atoms with Crippen LogP contribution in [0.2, 0.25) is 0 Å². The van der Waals surface area contributed by atoms with Crippen LogP contribution in [0, 0.1) is 11.6 Å². The van der Waals surface area contributed by atoms with Crippen LogP contribution in [0.15, 0.2) is 71.2 Å². The summed E-state index contributed by atoms with van der Waals surface area (Å²) in [7, 11) is 0. The van der Waals surface area contributed by atoms with Gasteiger partial charge in [-0.3, -0.25) is 0 Å². The summed E-state index contributed by atoms with van der Waals surface area (Å²) in [5, 5.41) is 0. The first kappa shape index (κ1) is 15.8. The van der Waals surface area contributed by atoms with E-state index in [9.17, 15) is 8.78 Å². The van der Waals surface area contributed by atoms with Crippen molar-refractivity contribution >= 4 is 27.0 Å². The van der Waals surface area contributed by atoms with Gasteiger partial charge in [-0.1, -0.05) is 15.9 Å². The smallest absolute Gasteiger partial charge is 0.123 e. The second-order valence-corrected chi connectivity index (χ2v) is 6.48. The molecule has 0 unspecified atom stereocenters. The summed E-state index contributed by atoms with van der Waals surface area (Å²) < 4.78 is 27.5. The molecule has 5 heteroatoms. The molecule has 0 N–H and O–H groups in total. The van der Waals surface area contributed by atoms with Crippen LogP contribution in [-0.2, 0) is 0 Å². The molecule has 122 valence electrons. The van der Waals surface area contributed by atoms with Gasteiger partial charge in [0.15, 0.2) is 0 Å². The second kappa shape index (κ2) is 6.33. The summed E-state index contributed by atoms with van der Waals surface area (Å²) in [6.07, 6.45) is 0. The van der Waals surface area contributed by atoms with Crippen molar-refractivity contribution in [3.63, 3.8) is 0 Å². The zero-order valence-corrected chi connectivity index (χ0v) is 14.5. The Morgan fingerprint density at radius 1 is 0.600 bits per heavy atom. The summed E-state index contributed by atoms with van der Waals surface area (Å²) in [6, 6.07) is 17.8. The largest absolute Gasteiger partial charge is 0.244 e. The molecule has 0 aliphatic rings. The van der Waals surface area contributed by atoms with Crippen LogP contribution in [0.4, 0.5) is 8.78 Å². The fraction of sp³-hybridized carbons (Fsp3) is 0. The zero-order chi connectivity index (χ0) is 17.4. The lowest BCUT2D eigenvalue weighted by Gasteiger charge is -2.11. The maximum absolute atomic E-state index is 13.3. The van der Waals surface area contributed by atoms with Gasteiger partial charge >= 0.3 is 0 Å². The van der Waals surface area contributed by atoms with Crippen LogP contribution in [0.1, 0.15) is 0 Å². The molecule has 0 atom stereocenters. The Labute approximate surface area is 151 Å². The average molecular weight is 397 g/mol. The van der Waals surface area contributed by atoms with E-state index in [0.29, 0.717) is 11.4 Å². The third-order valence-electron chi connectivity index (χ3n) is 3.86. The number of hydrogen-bond acceptors (Lipinski definition) is 2. The summed E-state index contributed by atoms with van der Waals surface area (Å²) >= 11 is 3.44. The van der Waals surface area contributed by atoms with Gasteiger partial charge in [-0.2, -0.15) is 0 Å². The third-order valence-corrected chi connectivity index (χ3v) is 4.35. The number of hydrogen-bond donors (Lipinski definition) is 0. The number of nitrogens with zero attached hydrogens (tertiary/aromatic N) is 2. The summed E-state index contributed by atoms with van der Waals surface area (Å²) in [4.78, 5) is 9.44. The highest BCUT2D eigenvalue weighted by Crippen LogP contribution is 2.31. The molecule has 0 radical (unpaired) electrons. The van der Waals surface area contributed by atoms with Gasteiger partial charge in [-0.05, 0) is 66.7 Å². The predicted molar refractivity (Wildman–Crippen MR) is 98.0 cm³/mol. The van der Waals surface area contributed by atoms with Crippen LogP contribution >= 0.6 is 15.9 Å². The molecular weight excluding hydrogens is 386 g/mol. The minimum atomic E-state index is -0.316. The van der Waals surface area contributed by atoms with Crippen LogP contribution in [0.3, 0.4) is 0 Å². The fourth-order valence-corrected chi connectivity index (χ4v) is 2.99. The highest BCUT2D eigenvalue weighted by atomic mass is 79.9. The number of benzene rings is 3. The molecule has 2 nitrogen and oxygen atoms in total. The first-order valence-corrected chi connectivity index (χ1v) is 8.39. The minimum Gasteiger partial charge on any atom is -0.244 e. The lowest BCUT2D eigenvalue weighted by molar-refractivity contribution is 0.627. The van der Waals surface area contributed by atoms with Crippen LogP contribution in [-0.4, -0.2) is 9.97 Å². The van der Waals surface area contributed by atoms with E-state index in [1.807, 2.05) is 18.2 Å². The quantitative estimate of drug-likeness (QED) is 0.414. The van der Waals surface area contributed by atoms with Gasteiger partial charge in [-0.15, -0.1) is 0 Å².